The lowest BCUT2D eigenvalue weighted by molar-refractivity contribution is -0.502. The van der Waals surface area contributed by atoms with Crippen LogP contribution >= 0.6 is 0 Å². The maximum atomic E-state index is 13.2. The van der Waals surface area contributed by atoms with E-state index in [2.05, 4.69) is 34.6 Å². The lowest BCUT2D eigenvalue weighted by Gasteiger charge is -2.47. The Morgan fingerprint density at radius 1 is 1.07 bits per heavy atom. The zero-order chi connectivity index (χ0) is 21.6. The highest BCUT2D eigenvalue weighted by Crippen LogP contribution is 2.51. The third kappa shape index (κ3) is 4.38. The molecule has 0 aromatic heterocycles. The molecule has 6 nitrogen and oxygen atoms in total. The zero-order valence-corrected chi connectivity index (χ0v) is 19.1. The third-order valence-electron chi connectivity index (χ3n) is 7.08. The van der Waals surface area contributed by atoms with Crippen LogP contribution in [-0.4, -0.2) is 23.6 Å². The Labute approximate surface area is 170 Å². The van der Waals surface area contributed by atoms with E-state index >= 15 is 0 Å². The Bertz CT molecular complexity index is 525. The van der Waals surface area contributed by atoms with Crippen molar-refractivity contribution in [2.75, 3.05) is 0 Å². The van der Waals surface area contributed by atoms with Gasteiger partial charge in [0.15, 0.2) is 0 Å². The number of carbonyl (C=O) groups is 2. The fourth-order valence-electron chi connectivity index (χ4n) is 4.09. The molecule has 1 rings (SSSR count). The summed E-state index contributed by atoms with van der Waals surface area (Å²) >= 11 is 0. The molecule has 0 N–H and O–H groups in total. The Hall–Kier alpha value is -1.14. The van der Waals surface area contributed by atoms with Crippen LogP contribution in [0.3, 0.4) is 0 Å². The van der Waals surface area contributed by atoms with Gasteiger partial charge in [0.25, 0.3) is 0 Å². The predicted molar refractivity (Wildman–Crippen MR) is 107 cm³/mol. The highest BCUT2D eigenvalue weighted by atomic mass is 17.3. The normalized spacial score (nSPS) is 24.4. The third-order valence-corrected chi connectivity index (χ3v) is 7.08. The molecule has 6 heteroatoms. The summed E-state index contributed by atoms with van der Waals surface area (Å²) in [7, 11) is 0. The minimum absolute atomic E-state index is 0.256. The van der Waals surface area contributed by atoms with Gasteiger partial charge in [0.2, 0.25) is 5.60 Å². The second-order valence-electron chi connectivity index (χ2n) is 8.86. The van der Waals surface area contributed by atoms with Crippen molar-refractivity contribution in [3.8, 4) is 0 Å². The maximum Gasteiger partial charge on any atom is 0.393 e. The van der Waals surface area contributed by atoms with Crippen LogP contribution < -0.4 is 0 Å². The first-order valence-corrected chi connectivity index (χ1v) is 10.9. The average Bonchev–Trinajstić information content (AvgIpc) is 2.64. The first-order valence-electron chi connectivity index (χ1n) is 10.9. The van der Waals surface area contributed by atoms with Crippen molar-refractivity contribution < 1.29 is 29.1 Å². The summed E-state index contributed by atoms with van der Waals surface area (Å²) in [6, 6.07) is 0. The Kier molecular flexibility index (Phi) is 8.94. The molecule has 0 aromatic rings. The summed E-state index contributed by atoms with van der Waals surface area (Å²) in [5.74, 6) is -0.920. The molecule has 1 saturated heterocycles. The van der Waals surface area contributed by atoms with E-state index in [0.717, 1.165) is 19.3 Å². The number of hydrogen-bond donors (Lipinski definition) is 0. The molecule has 0 saturated carbocycles. The highest BCUT2D eigenvalue weighted by molar-refractivity contribution is 5.83. The zero-order valence-electron chi connectivity index (χ0n) is 19.1. The van der Waals surface area contributed by atoms with Crippen molar-refractivity contribution in [2.45, 2.75) is 112 Å². The SMILES string of the molecule is CCCCC(CC)(C(=O)OOC(=O)C1(CC)OOC1CCC)C(C)(C)C(C)C. The van der Waals surface area contributed by atoms with Crippen molar-refractivity contribution in [3.05, 3.63) is 0 Å². The Morgan fingerprint density at radius 2 is 1.71 bits per heavy atom. The topological polar surface area (TPSA) is 71.1 Å². The first kappa shape index (κ1) is 24.9. The van der Waals surface area contributed by atoms with Gasteiger partial charge in [-0.1, -0.05) is 74.7 Å². The molecular formula is C22H40O6. The van der Waals surface area contributed by atoms with Gasteiger partial charge in [-0.05, 0) is 37.0 Å². The highest BCUT2D eigenvalue weighted by Gasteiger charge is 2.59. The van der Waals surface area contributed by atoms with E-state index in [1.165, 1.54) is 0 Å². The monoisotopic (exact) mass is 400 g/mol. The quantitative estimate of drug-likeness (QED) is 0.335. The standard InChI is InChI=1S/C22H40O6/c1-9-13-15-21(11-3,20(7,8)16(5)6)18(23)26-27-19(24)22(12-4)17(14-10-2)25-28-22/h16-17H,9-15H2,1-8H3. The summed E-state index contributed by atoms with van der Waals surface area (Å²) in [5, 5.41) is 0. The second kappa shape index (κ2) is 10.1. The van der Waals surface area contributed by atoms with Gasteiger partial charge in [0.05, 0.1) is 5.41 Å². The molecule has 1 aliphatic rings. The molecule has 0 aromatic carbocycles. The smallest absolute Gasteiger partial charge is 0.247 e. The van der Waals surface area contributed by atoms with Gasteiger partial charge in [0, 0.05) is 0 Å². The van der Waals surface area contributed by atoms with Crippen molar-refractivity contribution in [1.82, 2.24) is 0 Å². The number of unbranched alkanes of at least 4 members (excludes halogenated alkanes) is 1. The van der Waals surface area contributed by atoms with Gasteiger partial charge >= 0.3 is 11.9 Å². The molecule has 0 aliphatic carbocycles. The molecule has 3 atom stereocenters. The minimum atomic E-state index is -1.19. The average molecular weight is 401 g/mol. The van der Waals surface area contributed by atoms with E-state index < -0.39 is 23.0 Å². The van der Waals surface area contributed by atoms with Crippen molar-refractivity contribution in [3.63, 3.8) is 0 Å². The van der Waals surface area contributed by atoms with Crippen LogP contribution in [0.25, 0.3) is 0 Å². The van der Waals surface area contributed by atoms with Crippen LogP contribution in [0.15, 0.2) is 0 Å². The first-order chi connectivity index (χ1) is 13.1. The van der Waals surface area contributed by atoms with Crippen LogP contribution in [0.2, 0.25) is 0 Å². The van der Waals surface area contributed by atoms with E-state index in [4.69, 9.17) is 19.6 Å². The molecule has 1 heterocycles. The second-order valence-corrected chi connectivity index (χ2v) is 8.86. The van der Waals surface area contributed by atoms with E-state index in [1.807, 2.05) is 20.8 Å². The van der Waals surface area contributed by atoms with Gasteiger partial charge < -0.3 is 0 Å². The molecule has 0 radical (unpaired) electrons. The summed E-state index contributed by atoms with van der Waals surface area (Å²) in [4.78, 5) is 46.4. The van der Waals surface area contributed by atoms with Crippen LogP contribution in [0, 0.1) is 16.7 Å². The van der Waals surface area contributed by atoms with E-state index in [1.54, 1.807) is 0 Å². The fraction of sp³-hybridized carbons (Fsp3) is 0.909. The molecule has 0 amide bonds. The molecule has 3 unspecified atom stereocenters. The van der Waals surface area contributed by atoms with Gasteiger partial charge in [-0.25, -0.2) is 29.1 Å². The molecule has 1 aliphatic heterocycles. The van der Waals surface area contributed by atoms with Crippen LogP contribution in [0.4, 0.5) is 0 Å². The van der Waals surface area contributed by atoms with E-state index in [0.29, 0.717) is 25.7 Å². The number of hydrogen-bond acceptors (Lipinski definition) is 6. The summed E-state index contributed by atoms with van der Waals surface area (Å²) in [5.41, 5.74) is -2.23. The van der Waals surface area contributed by atoms with E-state index in [-0.39, 0.29) is 17.4 Å². The van der Waals surface area contributed by atoms with Crippen molar-refractivity contribution >= 4 is 11.9 Å². The summed E-state index contributed by atoms with van der Waals surface area (Å²) < 4.78 is 0. The van der Waals surface area contributed by atoms with Gasteiger partial charge in [0.1, 0.15) is 6.10 Å². The summed E-state index contributed by atoms with van der Waals surface area (Å²) in [6.45, 7) is 16.3. The molecule has 0 spiro atoms. The van der Waals surface area contributed by atoms with Crippen LogP contribution in [-0.2, 0) is 29.1 Å². The maximum absolute atomic E-state index is 13.2. The Morgan fingerprint density at radius 3 is 2.11 bits per heavy atom. The van der Waals surface area contributed by atoms with Gasteiger partial charge in [-0.15, -0.1) is 0 Å². The molecular weight excluding hydrogens is 360 g/mol. The van der Waals surface area contributed by atoms with Gasteiger partial charge in [-0.2, -0.15) is 0 Å². The predicted octanol–water partition coefficient (Wildman–Crippen LogP) is 5.54. The molecule has 0 bridgehead atoms. The fourth-order valence-corrected chi connectivity index (χ4v) is 4.09. The lowest BCUT2D eigenvalue weighted by Crippen LogP contribution is -2.62. The van der Waals surface area contributed by atoms with Crippen molar-refractivity contribution in [1.29, 1.82) is 0 Å². The van der Waals surface area contributed by atoms with Gasteiger partial charge in [-0.3, -0.25) is 0 Å². The molecule has 1 fully saturated rings. The van der Waals surface area contributed by atoms with E-state index in [9.17, 15) is 9.59 Å². The number of carbonyl (C=O) groups excluding carboxylic acids is 2. The number of rotatable bonds is 11. The van der Waals surface area contributed by atoms with Crippen LogP contribution in [0.5, 0.6) is 0 Å². The molecule has 28 heavy (non-hydrogen) atoms. The minimum Gasteiger partial charge on any atom is -0.247 e. The lowest BCUT2D eigenvalue weighted by atomic mass is 9.57. The largest absolute Gasteiger partial charge is 0.393 e. The summed E-state index contributed by atoms with van der Waals surface area (Å²) in [6.07, 6.45) is 4.72. The van der Waals surface area contributed by atoms with Crippen molar-refractivity contribution in [2.24, 2.45) is 16.7 Å². The Balaban J connectivity index is 2.98. The molecule has 164 valence electrons. The van der Waals surface area contributed by atoms with Crippen LogP contribution in [0.1, 0.15) is 100 Å².